The van der Waals surface area contributed by atoms with Crippen molar-refractivity contribution in [2.45, 2.75) is 24.3 Å². The summed E-state index contributed by atoms with van der Waals surface area (Å²) >= 11 is 5.97. The van der Waals surface area contributed by atoms with E-state index in [2.05, 4.69) is 0 Å². The molecule has 7 heteroatoms. The van der Waals surface area contributed by atoms with Crippen LogP contribution in [0.1, 0.15) is 24.1 Å². The molecule has 4 nitrogen and oxygen atoms in total. The normalized spacial score (nSPS) is 12.7. The van der Waals surface area contributed by atoms with Crippen molar-refractivity contribution in [3.63, 3.8) is 0 Å². The van der Waals surface area contributed by atoms with Crippen molar-refractivity contribution < 1.29 is 17.6 Å². The van der Waals surface area contributed by atoms with Gasteiger partial charge in [-0.15, -0.1) is 0 Å². The summed E-state index contributed by atoms with van der Waals surface area (Å²) in [4.78, 5) is 14.2. The summed E-state index contributed by atoms with van der Waals surface area (Å²) in [6.07, 6.45) is 0.993. The highest BCUT2D eigenvalue weighted by atomic mass is 35.5. The van der Waals surface area contributed by atoms with Gasteiger partial charge in [-0.1, -0.05) is 29.8 Å². The highest BCUT2D eigenvalue weighted by Crippen LogP contribution is 2.24. The van der Waals surface area contributed by atoms with E-state index in [4.69, 9.17) is 11.6 Å². The van der Waals surface area contributed by atoms with Crippen molar-refractivity contribution in [3.8, 4) is 0 Å². The lowest BCUT2D eigenvalue weighted by Crippen LogP contribution is -2.31. The van der Waals surface area contributed by atoms with Crippen molar-refractivity contribution in [2.24, 2.45) is 0 Å². The van der Waals surface area contributed by atoms with Crippen molar-refractivity contribution in [1.82, 2.24) is 4.90 Å². The summed E-state index contributed by atoms with van der Waals surface area (Å²) in [5.41, 5.74) is 0.948. The second-order valence-electron chi connectivity index (χ2n) is 5.90. The molecule has 0 radical (unpaired) electrons. The van der Waals surface area contributed by atoms with Gasteiger partial charge in [-0.25, -0.2) is 12.8 Å². The third-order valence-corrected chi connectivity index (χ3v) is 5.64. The fourth-order valence-electron chi connectivity index (χ4n) is 2.41. The number of rotatable bonds is 5. The standard InChI is InChI=1S/C18H19ClFNO3S/c1-12(13-7-9-14(10-8-13)25(3,23)24)21(2)18(22)11-15-16(19)5-4-6-17(15)20/h4-10,12H,11H2,1-3H3. The van der Waals surface area contributed by atoms with Gasteiger partial charge in [0.15, 0.2) is 9.84 Å². The topological polar surface area (TPSA) is 54.5 Å². The molecule has 0 aliphatic heterocycles. The molecule has 0 saturated heterocycles. The highest BCUT2D eigenvalue weighted by molar-refractivity contribution is 7.90. The van der Waals surface area contributed by atoms with Gasteiger partial charge in [-0.2, -0.15) is 0 Å². The number of hydrogen-bond acceptors (Lipinski definition) is 3. The third-order valence-electron chi connectivity index (χ3n) is 4.15. The van der Waals surface area contributed by atoms with Crippen LogP contribution in [0.3, 0.4) is 0 Å². The summed E-state index contributed by atoms with van der Waals surface area (Å²) in [6.45, 7) is 1.82. The lowest BCUT2D eigenvalue weighted by molar-refractivity contribution is -0.131. The molecule has 25 heavy (non-hydrogen) atoms. The SMILES string of the molecule is CC(c1ccc(S(C)(=O)=O)cc1)N(C)C(=O)Cc1c(F)cccc1Cl. The van der Waals surface area contributed by atoms with Crippen LogP contribution in [0.15, 0.2) is 47.4 Å². The minimum absolute atomic E-state index is 0.145. The van der Waals surface area contributed by atoms with E-state index in [1.54, 1.807) is 25.2 Å². The number of halogens is 2. The average Bonchev–Trinajstić information content (AvgIpc) is 2.56. The fraction of sp³-hybridized carbons (Fsp3) is 0.278. The van der Waals surface area contributed by atoms with Gasteiger partial charge in [-0.3, -0.25) is 4.79 Å². The Bertz CT molecular complexity index is 861. The molecule has 1 amide bonds. The first-order chi connectivity index (χ1) is 11.6. The predicted octanol–water partition coefficient (Wildman–Crippen LogP) is 3.64. The largest absolute Gasteiger partial charge is 0.339 e. The number of nitrogens with zero attached hydrogens (tertiary/aromatic N) is 1. The molecular weight excluding hydrogens is 365 g/mol. The maximum absolute atomic E-state index is 13.8. The highest BCUT2D eigenvalue weighted by Gasteiger charge is 2.20. The summed E-state index contributed by atoms with van der Waals surface area (Å²) < 4.78 is 36.9. The van der Waals surface area contributed by atoms with Crippen LogP contribution < -0.4 is 0 Å². The van der Waals surface area contributed by atoms with E-state index >= 15 is 0 Å². The van der Waals surface area contributed by atoms with E-state index in [0.29, 0.717) is 0 Å². The number of carbonyl (C=O) groups excluding carboxylic acids is 1. The maximum atomic E-state index is 13.8. The first-order valence-corrected chi connectivity index (χ1v) is 9.86. The minimum atomic E-state index is -3.27. The molecule has 0 aliphatic carbocycles. The minimum Gasteiger partial charge on any atom is -0.339 e. The molecule has 0 N–H and O–H groups in total. The molecule has 2 aromatic rings. The molecule has 2 aromatic carbocycles. The van der Waals surface area contributed by atoms with Crippen LogP contribution in [-0.2, 0) is 21.1 Å². The monoisotopic (exact) mass is 383 g/mol. The molecule has 134 valence electrons. The molecule has 0 fully saturated rings. The molecule has 0 bridgehead atoms. The maximum Gasteiger partial charge on any atom is 0.227 e. The van der Waals surface area contributed by atoms with Crippen molar-refractivity contribution >= 4 is 27.3 Å². The van der Waals surface area contributed by atoms with Crippen LogP contribution in [0.5, 0.6) is 0 Å². The summed E-state index contributed by atoms with van der Waals surface area (Å²) in [5.74, 6) is -0.800. The van der Waals surface area contributed by atoms with E-state index in [1.165, 1.54) is 29.2 Å². The average molecular weight is 384 g/mol. The first kappa shape index (κ1) is 19.4. The number of benzene rings is 2. The Labute approximate surface area is 152 Å². The molecule has 1 atom stereocenters. The van der Waals surface area contributed by atoms with Crippen molar-refractivity contribution in [2.75, 3.05) is 13.3 Å². The van der Waals surface area contributed by atoms with Gasteiger partial charge in [0.2, 0.25) is 5.91 Å². The van der Waals surface area contributed by atoms with Gasteiger partial charge in [0.1, 0.15) is 5.82 Å². The fourth-order valence-corrected chi connectivity index (χ4v) is 3.27. The Morgan fingerprint density at radius 3 is 2.32 bits per heavy atom. The van der Waals surface area contributed by atoms with Crippen LogP contribution in [0.25, 0.3) is 0 Å². The Hall–Kier alpha value is -1.92. The number of hydrogen-bond donors (Lipinski definition) is 0. The summed E-state index contributed by atoms with van der Waals surface area (Å²) in [5, 5.41) is 0.215. The zero-order valence-corrected chi connectivity index (χ0v) is 15.7. The Kier molecular flexibility index (Phi) is 5.85. The van der Waals surface area contributed by atoms with Crippen LogP contribution in [-0.4, -0.2) is 32.5 Å². The zero-order chi connectivity index (χ0) is 18.8. The molecule has 0 aliphatic rings. The Morgan fingerprint density at radius 1 is 1.20 bits per heavy atom. The van der Waals surface area contributed by atoms with E-state index < -0.39 is 15.7 Å². The van der Waals surface area contributed by atoms with Crippen LogP contribution in [0.2, 0.25) is 5.02 Å². The predicted molar refractivity (Wildman–Crippen MR) is 95.9 cm³/mol. The molecule has 0 heterocycles. The van der Waals surface area contributed by atoms with E-state index in [1.807, 2.05) is 6.92 Å². The Morgan fingerprint density at radius 2 is 1.80 bits per heavy atom. The van der Waals surface area contributed by atoms with Crippen molar-refractivity contribution in [1.29, 1.82) is 0 Å². The van der Waals surface area contributed by atoms with Gasteiger partial charge in [0, 0.05) is 23.9 Å². The van der Waals surface area contributed by atoms with E-state index in [9.17, 15) is 17.6 Å². The Balaban J connectivity index is 2.16. The van der Waals surface area contributed by atoms with E-state index in [-0.39, 0.29) is 33.9 Å². The molecule has 1 unspecified atom stereocenters. The van der Waals surface area contributed by atoms with Gasteiger partial charge in [0.05, 0.1) is 17.4 Å². The quantitative estimate of drug-likeness (QED) is 0.792. The zero-order valence-electron chi connectivity index (χ0n) is 14.2. The molecule has 0 aromatic heterocycles. The molecular formula is C18H19ClFNO3S. The molecule has 0 saturated carbocycles. The van der Waals surface area contributed by atoms with Gasteiger partial charge < -0.3 is 4.90 Å². The van der Waals surface area contributed by atoms with Gasteiger partial charge >= 0.3 is 0 Å². The molecule has 2 rings (SSSR count). The number of sulfone groups is 1. The number of likely N-dealkylation sites (N-methyl/N-ethyl adjacent to an activating group) is 1. The summed E-state index contributed by atoms with van der Waals surface area (Å²) in [7, 11) is -1.65. The second-order valence-corrected chi connectivity index (χ2v) is 8.32. The third kappa shape index (κ3) is 4.58. The number of carbonyl (C=O) groups is 1. The smallest absolute Gasteiger partial charge is 0.227 e. The van der Waals surface area contributed by atoms with E-state index in [0.717, 1.165) is 11.8 Å². The second kappa shape index (κ2) is 7.54. The summed E-state index contributed by atoms with van der Waals surface area (Å²) in [6, 6.07) is 10.3. The lowest BCUT2D eigenvalue weighted by atomic mass is 10.1. The van der Waals surface area contributed by atoms with Gasteiger partial charge in [-0.05, 0) is 36.8 Å². The van der Waals surface area contributed by atoms with Gasteiger partial charge in [0.25, 0.3) is 0 Å². The molecule has 0 spiro atoms. The van der Waals surface area contributed by atoms with Crippen molar-refractivity contribution in [3.05, 3.63) is 64.4 Å². The number of amides is 1. The van der Waals surface area contributed by atoms with Crippen LogP contribution in [0, 0.1) is 5.82 Å². The van der Waals surface area contributed by atoms with Crippen LogP contribution in [0.4, 0.5) is 4.39 Å². The lowest BCUT2D eigenvalue weighted by Gasteiger charge is -2.26. The first-order valence-electron chi connectivity index (χ1n) is 7.60. The van der Waals surface area contributed by atoms with Crippen LogP contribution >= 0.6 is 11.6 Å².